The maximum Gasteiger partial charge on any atom is 0.0645 e. The summed E-state index contributed by atoms with van der Waals surface area (Å²) in [6.45, 7) is 2.11. The number of nitrogens with zero attached hydrogens (tertiary/aromatic N) is 2. The Labute approximate surface area is 128 Å². The molecule has 21 heavy (non-hydrogen) atoms. The van der Waals surface area contributed by atoms with E-state index >= 15 is 0 Å². The van der Waals surface area contributed by atoms with Crippen molar-refractivity contribution in [2.24, 2.45) is 0 Å². The maximum absolute atomic E-state index is 5.85. The van der Waals surface area contributed by atoms with E-state index < -0.39 is 0 Å². The number of benzene rings is 2. The van der Waals surface area contributed by atoms with Crippen molar-refractivity contribution in [1.82, 2.24) is 9.78 Å². The van der Waals surface area contributed by atoms with Crippen molar-refractivity contribution < 1.29 is 0 Å². The molecule has 0 aliphatic carbocycles. The summed E-state index contributed by atoms with van der Waals surface area (Å²) in [6.07, 6.45) is 3.99. The molecule has 106 valence electrons. The first-order valence-electron chi connectivity index (χ1n) is 6.80. The smallest absolute Gasteiger partial charge is 0.0645 e. The van der Waals surface area contributed by atoms with Gasteiger partial charge in [-0.25, -0.2) is 4.68 Å². The number of rotatable bonds is 4. The van der Waals surface area contributed by atoms with Gasteiger partial charge in [0.25, 0.3) is 0 Å². The summed E-state index contributed by atoms with van der Waals surface area (Å²) in [5.74, 6) is 0.886. The Balaban J connectivity index is 1.72. The molecule has 0 atom stereocenters. The van der Waals surface area contributed by atoms with E-state index in [0.717, 1.165) is 17.1 Å². The molecule has 0 spiro atoms. The molecule has 2 N–H and O–H groups in total. The van der Waals surface area contributed by atoms with Crippen molar-refractivity contribution in [1.29, 1.82) is 0 Å². The molecular weight excluding hydrogens is 278 g/mol. The molecule has 1 heterocycles. The van der Waals surface area contributed by atoms with E-state index in [1.807, 2.05) is 53.3 Å². The third-order valence-electron chi connectivity index (χ3n) is 3.26. The van der Waals surface area contributed by atoms with Gasteiger partial charge < -0.3 is 5.73 Å². The van der Waals surface area contributed by atoms with E-state index in [1.54, 1.807) is 11.8 Å². The molecule has 2 aromatic carbocycles. The highest BCUT2D eigenvalue weighted by Gasteiger charge is 2.04. The molecule has 0 aliphatic heterocycles. The summed E-state index contributed by atoms with van der Waals surface area (Å²) in [5, 5.41) is 4.42. The van der Waals surface area contributed by atoms with Crippen molar-refractivity contribution in [3.05, 3.63) is 72.1 Å². The zero-order chi connectivity index (χ0) is 14.7. The van der Waals surface area contributed by atoms with Crippen LogP contribution in [0.2, 0.25) is 0 Å². The van der Waals surface area contributed by atoms with Gasteiger partial charge >= 0.3 is 0 Å². The lowest BCUT2D eigenvalue weighted by Gasteiger charge is -2.05. The van der Waals surface area contributed by atoms with E-state index in [0.29, 0.717) is 0 Å². The maximum atomic E-state index is 5.85. The zero-order valence-corrected chi connectivity index (χ0v) is 12.7. The van der Waals surface area contributed by atoms with Crippen LogP contribution in [-0.4, -0.2) is 9.78 Å². The lowest BCUT2D eigenvalue weighted by Crippen LogP contribution is -1.92. The number of aryl methyl sites for hydroxylation is 1. The first-order chi connectivity index (χ1) is 10.2. The van der Waals surface area contributed by atoms with Gasteiger partial charge in [0.2, 0.25) is 0 Å². The SMILES string of the molecule is Cc1ccc(N)cc1SCc1cnn(-c2ccccc2)c1. The number of anilines is 1. The van der Waals surface area contributed by atoms with Crippen molar-refractivity contribution in [2.45, 2.75) is 17.6 Å². The summed E-state index contributed by atoms with van der Waals surface area (Å²) in [7, 11) is 0. The lowest BCUT2D eigenvalue weighted by atomic mass is 10.2. The summed E-state index contributed by atoms with van der Waals surface area (Å²) >= 11 is 1.79. The van der Waals surface area contributed by atoms with E-state index in [2.05, 4.69) is 24.3 Å². The molecule has 3 nitrogen and oxygen atoms in total. The van der Waals surface area contributed by atoms with Gasteiger partial charge in [-0.2, -0.15) is 5.10 Å². The van der Waals surface area contributed by atoms with Crippen LogP contribution in [-0.2, 0) is 5.75 Å². The van der Waals surface area contributed by atoms with Crippen LogP contribution < -0.4 is 5.73 Å². The zero-order valence-electron chi connectivity index (χ0n) is 11.9. The molecule has 0 unspecified atom stereocenters. The van der Waals surface area contributed by atoms with Crippen LogP contribution in [0.25, 0.3) is 5.69 Å². The Morgan fingerprint density at radius 2 is 1.95 bits per heavy atom. The third kappa shape index (κ3) is 3.28. The molecule has 3 rings (SSSR count). The van der Waals surface area contributed by atoms with Gasteiger partial charge in [-0.05, 0) is 36.8 Å². The van der Waals surface area contributed by atoms with E-state index in [4.69, 9.17) is 5.73 Å². The minimum atomic E-state index is 0.808. The molecule has 0 bridgehead atoms. The van der Waals surface area contributed by atoms with Crippen molar-refractivity contribution in [2.75, 3.05) is 5.73 Å². The molecule has 0 aliphatic rings. The van der Waals surface area contributed by atoms with E-state index in [-0.39, 0.29) is 0 Å². The molecule has 0 saturated heterocycles. The van der Waals surface area contributed by atoms with E-state index in [9.17, 15) is 0 Å². The Kier molecular flexibility index (Phi) is 3.97. The fourth-order valence-electron chi connectivity index (χ4n) is 2.09. The molecule has 0 amide bonds. The van der Waals surface area contributed by atoms with Gasteiger partial charge in [-0.3, -0.25) is 0 Å². The molecule has 3 aromatic rings. The normalized spacial score (nSPS) is 10.7. The van der Waals surface area contributed by atoms with Crippen molar-refractivity contribution >= 4 is 17.4 Å². The van der Waals surface area contributed by atoms with Crippen molar-refractivity contribution in [3.8, 4) is 5.69 Å². The number of hydrogen-bond donors (Lipinski definition) is 1. The highest BCUT2D eigenvalue weighted by molar-refractivity contribution is 7.98. The first kappa shape index (κ1) is 13.8. The van der Waals surface area contributed by atoms with Gasteiger partial charge in [0.1, 0.15) is 0 Å². The molecular formula is C17H17N3S. The fraction of sp³-hybridized carbons (Fsp3) is 0.118. The van der Waals surface area contributed by atoms with E-state index in [1.165, 1.54) is 16.0 Å². The molecule has 0 fully saturated rings. The monoisotopic (exact) mass is 295 g/mol. The standard InChI is InChI=1S/C17H17N3S/c1-13-7-8-15(18)9-17(13)21-12-14-10-19-20(11-14)16-5-3-2-4-6-16/h2-11H,12,18H2,1H3. The Morgan fingerprint density at radius 1 is 1.14 bits per heavy atom. The van der Waals surface area contributed by atoms with Crippen LogP contribution in [0.5, 0.6) is 0 Å². The third-order valence-corrected chi connectivity index (χ3v) is 4.49. The number of nitrogen functional groups attached to an aromatic ring is 1. The van der Waals surface area contributed by atoms with Gasteiger partial charge in [0, 0.05) is 28.1 Å². The van der Waals surface area contributed by atoms with Gasteiger partial charge in [-0.15, -0.1) is 11.8 Å². The van der Waals surface area contributed by atoms with Crippen LogP contribution >= 0.6 is 11.8 Å². The van der Waals surface area contributed by atoms with Crippen LogP contribution in [0.15, 0.2) is 65.8 Å². The number of aromatic nitrogens is 2. The Hall–Kier alpha value is -2.20. The van der Waals surface area contributed by atoms with Gasteiger partial charge in [-0.1, -0.05) is 24.3 Å². The minimum absolute atomic E-state index is 0.808. The average Bonchev–Trinajstić information content (AvgIpc) is 2.98. The fourth-order valence-corrected chi connectivity index (χ4v) is 3.08. The molecule has 4 heteroatoms. The van der Waals surface area contributed by atoms with Crippen LogP contribution in [0, 0.1) is 6.92 Å². The van der Waals surface area contributed by atoms with Gasteiger partial charge in [0.15, 0.2) is 0 Å². The second-order valence-electron chi connectivity index (χ2n) is 4.94. The number of thioether (sulfide) groups is 1. The summed E-state index contributed by atoms with van der Waals surface area (Å²) in [5.41, 5.74) is 10.2. The largest absolute Gasteiger partial charge is 0.399 e. The van der Waals surface area contributed by atoms with Gasteiger partial charge in [0.05, 0.1) is 11.9 Å². The minimum Gasteiger partial charge on any atom is -0.399 e. The quantitative estimate of drug-likeness (QED) is 0.583. The van der Waals surface area contributed by atoms with Crippen LogP contribution in [0.3, 0.4) is 0 Å². The Bertz CT molecular complexity index is 735. The second-order valence-corrected chi connectivity index (χ2v) is 5.96. The lowest BCUT2D eigenvalue weighted by molar-refractivity contribution is 0.880. The predicted octanol–water partition coefficient (Wildman–Crippen LogP) is 4.06. The molecule has 0 saturated carbocycles. The number of para-hydroxylation sites is 1. The Morgan fingerprint density at radius 3 is 2.76 bits per heavy atom. The first-order valence-corrected chi connectivity index (χ1v) is 7.79. The topological polar surface area (TPSA) is 43.8 Å². The van der Waals surface area contributed by atoms with Crippen molar-refractivity contribution in [3.63, 3.8) is 0 Å². The highest BCUT2D eigenvalue weighted by atomic mass is 32.2. The number of hydrogen-bond acceptors (Lipinski definition) is 3. The highest BCUT2D eigenvalue weighted by Crippen LogP contribution is 2.27. The summed E-state index contributed by atoms with van der Waals surface area (Å²) in [6, 6.07) is 16.2. The molecule has 0 radical (unpaired) electrons. The summed E-state index contributed by atoms with van der Waals surface area (Å²) in [4.78, 5) is 1.22. The number of nitrogens with two attached hydrogens (primary N) is 1. The van der Waals surface area contributed by atoms with Crippen LogP contribution in [0.4, 0.5) is 5.69 Å². The second kappa shape index (κ2) is 6.06. The predicted molar refractivity (Wildman–Crippen MR) is 88.7 cm³/mol. The van der Waals surface area contributed by atoms with Crippen LogP contribution in [0.1, 0.15) is 11.1 Å². The summed E-state index contributed by atoms with van der Waals surface area (Å²) < 4.78 is 1.90. The average molecular weight is 295 g/mol. The molecule has 1 aromatic heterocycles.